The van der Waals surface area contributed by atoms with Gasteiger partial charge in [0.05, 0.1) is 12.6 Å². The molecule has 0 radical (unpaired) electrons. The largest absolute Gasteiger partial charge is 0.477 e. The summed E-state index contributed by atoms with van der Waals surface area (Å²) in [6, 6.07) is 3.72. The van der Waals surface area contributed by atoms with E-state index in [0.717, 1.165) is 19.4 Å². The molecule has 1 saturated heterocycles. The van der Waals surface area contributed by atoms with Crippen molar-refractivity contribution in [2.45, 2.75) is 32.7 Å². The topological polar surface area (TPSA) is 73.1 Å². The van der Waals surface area contributed by atoms with E-state index < -0.39 is 0 Å². The number of piperidine rings is 1. The standard InChI is InChI=1S/C17H23N5O2/c1-13(2)10-24-16-15(6-3-7-19-16)17(23)21-8-4-5-14(9-21)22-12-18-11-20-22/h3,6-7,11-14H,4-5,8-10H2,1-2H3. The maximum atomic E-state index is 12.9. The molecule has 0 aromatic carbocycles. The van der Waals surface area contributed by atoms with Gasteiger partial charge in [-0.3, -0.25) is 4.79 Å². The number of hydrogen-bond acceptors (Lipinski definition) is 5. The van der Waals surface area contributed by atoms with Crippen molar-refractivity contribution in [2.24, 2.45) is 5.92 Å². The Balaban J connectivity index is 1.74. The summed E-state index contributed by atoms with van der Waals surface area (Å²) in [5.41, 5.74) is 0.525. The van der Waals surface area contributed by atoms with Gasteiger partial charge in [0, 0.05) is 19.3 Å². The number of hydrogen-bond donors (Lipinski definition) is 0. The van der Waals surface area contributed by atoms with Gasteiger partial charge in [-0.15, -0.1) is 0 Å². The van der Waals surface area contributed by atoms with Gasteiger partial charge in [-0.1, -0.05) is 13.8 Å². The molecule has 3 rings (SSSR count). The Bertz CT molecular complexity index is 671. The zero-order valence-corrected chi connectivity index (χ0v) is 14.1. The summed E-state index contributed by atoms with van der Waals surface area (Å²) in [6.07, 6.45) is 6.83. The highest BCUT2D eigenvalue weighted by atomic mass is 16.5. The minimum absolute atomic E-state index is 0.0355. The average molecular weight is 329 g/mol. The number of rotatable bonds is 5. The van der Waals surface area contributed by atoms with Crippen LogP contribution in [0.15, 0.2) is 31.0 Å². The van der Waals surface area contributed by atoms with Gasteiger partial charge in [0.2, 0.25) is 5.88 Å². The second-order valence-electron chi connectivity index (χ2n) is 6.48. The molecule has 7 nitrogen and oxygen atoms in total. The Morgan fingerprint density at radius 2 is 2.33 bits per heavy atom. The van der Waals surface area contributed by atoms with Crippen molar-refractivity contribution < 1.29 is 9.53 Å². The summed E-state index contributed by atoms with van der Waals surface area (Å²) in [7, 11) is 0. The first-order valence-electron chi connectivity index (χ1n) is 8.36. The van der Waals surface area contributed by atoms with Crippen LogP contribution >= 0.6 is 0 Å². The second-order valence-corrected chi connectivity index (χ2v) is 6.48. The Labute approximate surface area is 141 Å². The first kappa shape index (κ1) is 16.4. The SMILES string of the molecule is CC(C)COc1ncccc1C(=O)N1CCCC(n2cncn2)C1. The third-order valence-electron chi connectivity index (χ3n) is 4.05. The molecule has 0 bridgehead atoms. The molecule has 0 N–H and O–H groups in total. The number of likely N-dealkylation sites (tertiary alicyclic amines) is 1. The van der Waals surface area contributed by atoms with Crippen molar-refractivity contribution >= 4 is 5.91 Å². The van der Waals surface area contributed by atoms with E-state index in [-0.39, 0.29) is 11.9 Å². The fourth-order valence-corrected chi connectivity index (χ4v) is 2.85. The molecule has 0 aliphatic carbocycles. The zero-order chi connectivity index (χ0) is 16.9. The van der Waals surface area contributed by atoms with Crippen molar-refractivity contribution in [3.05, 3.63) is 36.5 Å². The molecule has 1 aliphatic heterocycles. The van der Waals surface area contributed by atoms with Gasteiger partial charge in [0.25, 0.3) is 5.91 Å². The van der Waals surface area contributed by atoms with E-state index in [1.807, 2.05) is 9.58 Å². The van der Waals surface area contributed by atoms with Crippen LogP contribution in [0, 0.1) is 5.92 Å². The summed E-state index contributed by atoms with van der Waals surface area (Å²) >= 11 is 0. The molecule has 3 heterocycles. The molecular weight excluding hydrogens is 306 g/mol. The molecule has 7 heteroatoms. The van der Waals surface area contributed by atoms with Crippen LogP contribution in [0.3, 0.4) is 0 Å². The predicted molar refractivity (Wildman–Crippen MR) is 88.8 cm³/mol. The lowest BCUT2D eigenvalue weighted by Crippen LogP contribution is -2.41. The lowest BCUT2D eigenvalue weighted by Gasteiger charge is -2.32. The predicted octanol–water partition coefficient (Wildman–Crippen LogP) is 2.19. The van der Waals surface area contributed by atoms with E-state index in [4.69, 9.17) is 4.74 Å². The van der Waals surface area contributed by atoms with Crippen LogP contribution in [0.4, 0.5) is 0 Å². The highest BCUT2D eigenvalue weighted by Crippen LogP contribution is 2.24. The smallest absolute Gasteiger partial charge is 0.259 e. The van der Waals surface area contributed by atoms with E-state index in [0.29, 0.717) is 30.5 Å². The lowest BCUT2D eigenvalue weighted by molar-refractivity contribution is 0.0666. The van der Waals surface area contributed by atoms with E-state index in [1.165, 1.54) is 6.33 Å². The van der Waals surface area contributed by atoms with Crippen molar-refractivity contribution in [3.8, 4) is 5.88 Å². The average Bonchev–Trinajstić information content (AvgIpc) is 3.14. The van der Waals surface area contributed by atoms with Crippen LogP contribution in [0.25, 0.3) is 0 Å². The molecule has 1 amide bonds. The molecular formula is C17H23N5O2. The minimum atomic E-state index is -0.0355. The fraction of sp³-hybridized carbons (Fsp3) is 0.529. The van der Waals surface area contributed by atoms with Gasteiger partial charge in [0.1, 0.15) is 18.2 Å². The summed E-state index contributed by atoms with van der Waals surface area (Å²) in [4.78, 5) is 23.0. The number of aromatic nitrogens is 4. The number of carbonyl (C=O) groups is 1. The highest BCUT2D eigenvalue weighted by Gasteiger charge is 2.27. The Kier molecular flexibility index (Phi) is 5.08. The first-order chi connectivity index (χ1) is 11.6. The summed E-state index contributed by atoms with van der Waals surface area (Å²) in [5.74, 6) is 0.757. The number of nitrogens with zero attached hydrogens (tertiary/aromatic N) is 5. The number of amides is 1. The van der Waals surface area contributed by atoms with E-state index in [1.54, 1.807) is 24.7 Å². The Hall–Kier alpha value is -2.44. The molecule has 128 valence electrons. The van der Waals surface area contributed by atoms with Crippen LogP contribution in [0.2, 0.25) is 0 Å². The van der Waals surface area contributed by atoms with Gasteiger partial charge in [-0.2, -0.15) is 5.10 Å². The molecule has 2 aromatic heterocycles. The zero-order valence-electron chi connectivity index (χ0n) is 14.1. The molecule has 1 aliphatic rings. The minimum Gasteiger partial charge on any atom is -0.477 e. The molecule has 2 aromatic rings. The monoisotopic (exact) mass is 329 g/mol. The summed E-state index contributed by atoms with van der Waals surface area (Å²) in [6.45, 7) is 6.04. The number of ether oxygens (including phenoxy) is 1. The van der Waals surface area contributed by atoms with Crippen LogP contribution in [-0.2, 0) is 0 Å². The second kappa shape index (κ2) is 7.42. The Morgan fingerprint density at radius 3 is 3.08 bits per heavy atom. The molecule has 1 fully saturated rings. The quantitative estimate of drug-likeness (QED) is 0.840. The molecule has 1 atom stereocenters. The third-order valence-corrected chi connectivity index (χ3v) is 4.05. The van der Waals surface area contributed by atoms with Crippen LogP contribution < -0.4 is 4.74 Å². The first-order valence-corrected chi connectivity index (χ1v) is 8.36. The van der Waals surface area contributed by atoms with E-state index in [9.17, 15) is 4.79 Å². The van der Waals surface area contributed by atoms with Gasteiger partial charge in [0.15, 0.2) is 0 Å². The fourth-order valence-electron chi connectivity index (χ4n) is 2.85. The van der Waals surface area contributed by atoms with Crippen LogP contribution in [-0.4, -0.2) is 50.3 Å². The number of pyridine rings is 1. The third kappa shape index (κ3) is 3.72. The van der Waals surface area contributed by atoms with Crippen molar-refractivity contribution in [1.82, 2.24) is 24.6 Å². The maximum absolute atomic E-state index is 12.9. The van der Waals surface area contributed by atoms with Gasteiger partial charge >= 0.3 is 0 Å². The van der Waals surface area contributed by atoms with Crippen molar-refractivity contribution in [1.29, 1.82) is 0 Å². The maximum Gasteiger partial charge on any atom is 0.259 e. The normalized spacial score (nSPS) is 18.0. The van der Waals surface area contributed by atoms with Crippen LogP contribution in [0.1, 0.15) is 43.1 Å². The number of carbonyl (C=O) groups excluding carboxylic acids is 1. The molecule has 24 heavy (non-hydrogen) atoms. The molecule has 0 spiro atoms. The molecule has 0 saturated carbocycles. The van der Waals surface area contributed by atoms with Gasteiger partial charge < -0.3 is 9.64 Å². The summed E-state index contributed by atoms with van der Waals surface area (Å²) in [5, 5.41) is 4.20. The lowest BCUT2D eigenvalue weighted by atomic mass is 10.0. The van der Waals surface area contributed by atoms with Crippen LogP contribution in [0.5, 0.6) is 5.88 Å². The van der Waals surface area contributed by atoms with Gasteiger partial charge in [-0.05, 0) is 30.9 Å². The molecule has 1 unspecified atom stereocenters. The van der Waals surface area contributed by atoms with Crippen molar-refractivity contribution in [2.75, 3.05) is 19.7 Å². The van der Waals surface area contributed by atoms with Crippen molar-refractivity contribution in [3.63, 3.8) is 0 Å². The highest BCUT2D eigenvalue weighted by molar-refractivity contribution is 5.96. The van der Waals surface area contributed by atoms with E-state index in [2.05, 4.69) is 28.9 Å². The van der Waals surface area contributed by atoms with E-state index >= 15 is 0 Å². The Morgan fingerprint density at radius 1 is 1.46 bits per heavy atom. The van der Waals surface area contributed by atoms with Gasteiger partial charge in [-0.25, -0.2) is 14.6 Å². The summed E-state index contributed by atoms with van der Waals surface area (Å²) < 4.78 is 7.56.